The molecule has 0 aliphatic rings. The number of methoxy groups -OCH3 is 1. The lowest BCUT2D eigenvalue weighted by atomic mass is 10.1. The first-order valence-electron chi connectivity index (χ1n) is 10.2. The van der Waals surface area contributed by atoms with Crippen LogP contribution in [0.1, 0.15) is 17.0 Å². The molecule has 3 rings (SSSR count). The molecule has 0 unspecified atom stereocenters. The SMILES string of the molecule is C=CCOc1cc(CO)cc(C(=N/c2ccc(-c3noc(C)n3)cc2)/C(=N/C(=O)OC)SC)c1. The molecule has 0 spiro atoms. The highest BCUT2D eigenvalue weighted by atomic mass is 32.2. The summed E-state index contributed by atoms with van der Waals surface area (Å²) in [5.74, 6) is 1.47. The van der Waals surface area contributed by atoms with Crippen LogP contribution in [0.2, 0.25) is 0 Å². The van der Waals surface area contributed by atoms with E-state index in [-0.39, 0.29) is 6.61 Å². The fraction of sp³-hybridized carbons (Fsp3) is 0.208. The van der Waals surface area contributed by atoms with Crippen molar-refractivity contribution in [3.63, 3.8) is 0 Å². The Labute approximate surface area is 201 Å². The molecule has 1 aromatic heterocycles. The Kier molecular flexibility index (Phi) is 8.72. The zero-order chi connectivity index (χ0) is 24.5. The molecule has 0 radical (unpaired) electrons. The van der Waals surface area contributed by atoms with Crippen molar-refractivity contribution in [2.75, 3.05) is 20.0 Å². The van der Waals surface area contributed by atoms with Crippen LogP contribution in [0.5, 0.6) is 5.75 Å². The van der Waals surface area contributed by atoms with Gasteiger partial charge in [0.1, 0.15) is 23.1 Å². The number of nitrogens with zero attached hydrogens (tertiary/aromatic N) is 4. The number of thioether (sulfide) groups is 1. The Hall–Kier alpha value is -3.76. The Balaban J connectivity index is 2.10. The van der Waals surface area contributed by atoms with Crippen LogP contribution in [0, 0.1) is 6.92 Å². The van der Waals surface area contributed by atoms with Gasteiger partial charge >= 0.3 is 6.09 Å². The number of rotatable bonds is 8. The van der Waals surface area contributed by atoms with Crippen LogP contribution >= 0.6 is 11.8 Å². The topological polar surface area (TPSA) is 119 Å². The van der Waals surface area contributed by atoms with Gasteiger partial charge in [-0.3, -0.25) is 0 Å². The molecule has 176 valence electrons. The smallest absolute Gasteiger partial charge is 0.434 e. The Morgan fingerprint density at radius 1 is 1.26 bits per heavy atom. The monoisotopic (exact) mass is 480 g/mol. The van der Waals surface area contributed by atoms with Crippen molar-refractivity contribution >= 4 is 34.3 Å². The lowest BCUT2D eigenvalue weighted by Gasteiger charge is -2.13. The molecule has 34 heavy (non-hydrogen) atoms. The lowest BCUT2D eigenvalue weighted by molar-refractivity contribution is 0.183. The summed E-state index contributed by atoms with van der Waals surface area (Å²) in [5, 5.41) is 14.0. The van der Waals surface area contributed by atoms with Crippen molar-refractivity contribution in [1.82, 2.24) is 10.1 Å². The van der Waals surface area contributed by atoms with E-state index in [9.17, 15) is 9.90 Å². The molecular formula is C24H24N4O5S. The van der Waals surface area contributed by atoms with Gasteiger partial charge in [0, 0.05) is 18.1 Å². The summed E-state index contributed by atoms with van der Waals surface area (Å²) in [6.45, 7) is 5.47. The minimum Gasteiger partial charge on any atom is -0.490 e. The largest absolute Gasteiger partial charge is 0.490 e. The highest BCUT2D eigenvalue weighted by molar-refractivity contribution is 8.15. The van der Waals surface area contributed by atoms with Crippen molar-refractivity contribution in [3.8, 4) is 17.1 Å². The lowest BCUT2D eigenvalue weighted by Crippen LogP contribution is -2.15. The number of aliphatic imine (C=N–C) groups is 2. The summed E-state index contributed by atoms with van der Waals surface area (Å²) >= 11 is 1.24. The summed E-state index contributed by atoms with van der Waals surface area (Å²) in [7, 11) is 1.26. The van der Waals surface area contributed by atoms with E-state index in [1.807, 2.05) is 12.1 Å². The highest BCUT2D eigenvalue weighted by Crippen LogP contribution is 2.25. The third kappa shape index (κ3) is 6.40. The molecule has 3 aromatic rings. The van der Waals surface area contributed by atoms with E-state index in [2.05, 4.69) is 21.7 Å². The maximum Gasteiger partial charge on any atom is 0.434 e. The van der Waals surface area contributed by atoms with Crippen LogP contribution in [0.15, 0.2) is 69.6 Å². The molecule has 1 amide bonds. The maximum atomic E-state index is 11.9. The molecule has 1 N–H and O–H groups in total. The second kappa shape index (κ2) is 11.9. The fourth-order valence-electron chi connectivity index (χ4n) is 2.92. The fourth-order valence-corrected chi connectivity index (χ4v) is 3.44. The predicted octanol–water partition coefficient (Wildman–Crippen LogP) is 4.75. The van der Waals surface area contributed by atoms with Gasteiger partial charge in [-0.05, 0) is 54.3 Å². The van der Waals surface area contributed by atoms with Crippen LogP contribution < -0.4 is 4.74 Å². The van der Waals surface area contributed by atoms with Crippen LogP contribution in [0.25, 0.3) is 11.4 Å². The van der Waals surface area contributed by atoms with Crippen molar-refractivity contribution in [3.05, 3.63) is 72.1 Å². The number of hydrogen-bond acceptors (Lipinski definition) is 9. The van der Waals surface area contributed by atoms with Gasteiger partial charge in [0.25, 0.3) is 0 Å². The van der Waals surface area contributed by atoms with E-state index < -0.39 is 6.09 Å². The van der Waals surface area contributed by atoms with Crippen molar-refractivity contribution < 1.29 is 23.9 Å². The van der Waals surface area contributed by atoms with Gasteiger partial charge in [-0.15, -0.1) is 11.8 Å². The van der Waals surface area contributed by atoms with E-state index >= 15 is 0 Å². The molecule has 0 saturated carbocycles. The first-order valence-corrected chi connectivity index (χ1v) is 11.4. The van der Waals surface area contributed by atoms with Gasteiger partial charge < -0.3 is 19.1 Å². The van der Waals surface area contributed by atoms with E-state index in [0.717, 1.165) is 5.56 Å². The molecule has 1 heterocycles. The number of ether oxygens (including phenoxy) is 2. The van der Waals surface area contributed by atoms with Gasteiger partial charge in [-0.1, -0.05) is 17.8 Å². The minimum atomic E-state index is -0.749. The Morgan fingerprint density at radius 2 is 2.03 bits per heavy atom. The van der Waals surface area contributed by atoms with Crippen LogP contribution in [-0.4, -0.2) is 52.1 Å². The second-order valence-electron chi connectivity index (χ2n) is 6.86. The molecule has 0 fully saturated rings. The molecule has 10 heteroatoms. The first-order chi connectivity index (χ1) is 16.5. The molecule has 0 atom stereocenters. The summed E-state index contributed by atoms with van der Waals surface area (Å²) in [4.78, 5) is 24.9. The van der Waals surface area contributed by atoms with Crippen molar-refractivity contribution in [2.24, 2.45) is 9.98 Å². The highest BCUT2D eigenvalue weighted by Gasteiger charge is 2.17. The number of aromatic nitrogens is 2. The molecule has 0 saturated heterocycles. The van der Waals surface area contributed by atoms with Crippen LogP contribution in [0.3, 0.4) is 0 Å². The molecule has 0 aliphatic heterocycles. The number of benzene rings is 2. The molecule has 0 bridgehead atoms. The van der Waals surface area contributed by atoms with Crippen LogP contribution in [-0.2, 0) is 11.3 Å². The Bertz CT molecular complexity index is 1220. The third-order valence-electron chi connectivity index (χ3n) is 4.45. The number of aliphatic hydroxyl groups is 1. The predicted molar refractivity (Wildman–Crippen MR) is 132 cm³/mol. The van der Waals surface area contributed by atoms with E-state index in [1.165, 1.54) is 18.9 Å². The quantitative estimate of drug-likeness (QED) is 0.279. The normalized spacial score (nSPS) is 11.9. The molecule has 9 nitrogen and oxygen atoms in total. The van der Waals surface area contributed by atoms with Gasteiger partial charge in [0.15, 0.2) is 0 Å². The summed E-state index contributed by atoms with van der Waals surface area (Å²) in [5.41, 5.74) is 3.02. The first kappa shape index (κ1) is 24.9. The Morgan fingerprint density at radius 3 is 2.62 bits per heavy atom. The number of aryl methyl sites for hydroxylation is 1. The average molecular weight is 481 g/mol. The van der Waals surface area contributed by atoms with Crippen molar-refractivity contribution in [1.29, 1.82) is 0 Å². The summed E-state index contributed by atoms with van der Waals surface area (Å²) < 4.78 is 15.4. The van der Waals surface area contributed by atoms with E-state index in [4.69, 9.17) is 19.0 Å². The number of carbonyl (C=O) groups is 1. The zero-order valence-electron chi connectivity index (χ0n) is 19.0. The average Bonchev–Trinajstić information content (AvgIpc) is 3.30. The number of hydrogen-bond donors (Lipinski definition) is 1. The zero-order valence-corrected chi connectivity index (χ0v) is 19.8. The molecule has 0 aliphatic carbocycles. The summed E-state index contributed by atoms with van der Waals surface area (Å²) in [6.07, 6.45) is 2.66. The summed E-state index contributed by atoms with van der Waals surface area (Å²) in [6, 6.07) is 12.5. The number of aliphatic hydroxyl groups excluding tert-OH is 1. The van der Waals surface area contributed by atoms with E-state index in [0.29, 0.717) is 51.6 Å². The maximum absolute atomic E-state index is 11.9. The number of amides is 1. The number of carbonyl (C=O) groups excluding carboxylic acids is 1. The van der Waals surface area contributed by atoms with E-state index in [1.54, 1.807) is 49.6 Å². The third-order valence-corrected chi connectivity index (χ3v) is 5.12. The van der Waals surface area contributed by atoms with Gasteiger partial charge in [0.05, 0.1) is 19.4 Å². The van der Waals surface area contributed by atoms with Gasteiger partial charge in [0.2, 0.25) is 11.7 Å². The van der Waals surface area contributed by atoms with Crippen molar-refractivity contribution in [2.45, 2.75) is 13.5 Å². The molecular weight excluding hydrogens is 456 g/mol. The molecule has 2 aromatic carbocycles. The van der Waals surface area contributed by atoms with Gasteiger partial charge in [-0.25, -0.2) is 9.79 Å². The minimum absolute atomic E-state index is 0.201. The van der Waals surface area contributed by atoms with Gasteiger partial charge in [-0.2, -0.15) is 9.98 Å². The van der Waals surface area contributed by atoms with Crippen LogP contribution in [0.4, 0.5) is 10.5 Å². The second-order valence-corrected chi connectivity index (χ2v) is 7.65. The standard InChI is InChI=1S/C24H24N4O5S/c1-5-10-32-20-12-16(14-29)11-18(13-20)21(23(34-4)27-24(30)31-3)26-19-8-6-17(7-9-19)22-25-15(2)33-28-22/h5-9,11-13,29H,1,10,14H2,2-4H3/b26-21-,27-23-.